The molecule has 0 radical (unpaired) electrons. The highest BCUT2D eigenvalue weighted by Crippen LogP contribution is 2.23. The molecular formula is C16H12ClNO4S. The van der Waals surface area contributed by atoms with Gasteiger partial charge in [-0.3, -0.25) is 14.5 Å². The lowest BCUT2D eigenvalue weighted by molar-refractivity contribution is 0.0664. The molecule has 2 aromatic carbocycles. The van der Waals surface area contributed by atoms with Crippen molar-refractivity contribution < 1.29 is 18.0 Å². The van der Waals surface area contributed by atoms with E-state index in [-0.39, 0.29) is 17.2 Å². The highest BCUT2D eigenvalue weighted by molar-refractivity contribution is 7.91. The van der Waals surface area contributed by atoms with Crippen molar-refractivity contribution in [3.63, 3.8) is 0 Å². The van der Waals surface area contributed by atoms with Crippen LogP contribution in [-0.4, -0.2) is 37.4 Å². The molecule has 0 saturated heterocycles. The Balaban J connectivity index is 1.78. The lowest BCUT2D eigenvalue weighted by atomic mass is 10.1. The molecule has 1 aliphatic rings. The summed E-state index contributed by atoms with van der Waals surface area (Å²) in [5.74, 6) is -1.26. The molecule has 0 spiro atoms. The van der Waals surface area contributed by atoms with Crippen molar-refractivity contribution >= 4 is 33.3 Å². The van der Waals surface area contributed by atoms with E-state index in [0.29, 0.717) is 16.1 Å². The van der Waals surface area contributed by atoms with E-state index in [1.807, 2.05) is 0 Å². The average Bonchev–Trinajstić information content (AvgIpc) is 2.78. The minimum absolute atomic E-state index is 0.110. The highest BCUT2D eigenvalue weighted by Gasteiger charge is 2.35. The summed E-state index contributed by atoms with van der Waals surface area (Å²) in [6, 6.07) is 12.2. The van der Waals surface area contributed by atoms with Crippen LogP contribution in [0, 0.1) is 0 Å². The Morgan fingerprint density at radius 3 is 1.91 bits per heavy atom. The monoisotopic (exact) mass is 349 g/mol. The minimum atomic E-state index is -3.60. The van der Waals surface area contributed by atoms with Crippen LogP contribution in [0.1, 0.15) is 20.7 Å². The molecule has 2 aromatic rings. The molecule has 0 atom stereocenters. The van der Waals surface area contributed by atoms with Gasteiger partial charge in [-0.2, -0.15) is 0 Å². The molecule has 0 unspecified atom stereocenters. The molecule has 23 heavy (non-hydrogen) atoms. The molecule has 0 bridgehead atoms. The SMILES string of the molecule is O=C1c2ccccc2C(=O)N1CCS(=O)(=O)c1ccc(Cl)cc1. The lowest BCUT2D eigenvalue weighted by Crippen LogP contribution is -2.34. The average molecular weight is 350 g/mol. The molecule has 3 rings (SSSR count). The number of hydrogen-bond acceptors (Lipinski definition) is 4. The summed E-state index contributed by atoms with van der Waals surface area (Å²) in [6.45, 7) is -0.183. The van der Waals surface area contributed by atoms with Crippen LogP contribution in [0.4, 0.5) is 0 Å². The standard InChI is InChI=1S/C16H12ClNO4S/c17-11-5-7-12(8-6-11)23(21,22)10-9-18-15(19)13-3-1-2-4-14(13)16(18)20/h1-8H,9-10H2. The predicted octanol–water partition coefficient (Wildman–Crippen LogP) is 2.41. The van der Waals surface area contributed by atoms with E-state index in [4.69, 9.17) is 11.6 Å². The van der Waals surface area contributed by atoms with Gasteiger partial charge in [0.15, 0.2) is 9.84 Å². The third kappa shape index (κ3) is 2.87. The van der Waals surface area contributed by atoms with E-state index in [1.165, 1.54) is 24.3 Å². The topological polar surface area (TPSA) is 71.5 Å². The van der Waals surface area contributed by atoms with Gasteiger partial charge in [0.25, 0.3) is 11.8 Å². The van der Waals surface area contributed by atoms with Crippen molar-refractivity contribution in [2.75, 3.05) is 12.3 Å². The number of carbonyl (C=O) groups excluding carboxylic acids is 2. The first-order valence-corrected chi connectivity index (χ1v) is 8.87. The van der Waals surface area contributed by atoms with Crippen LogP contribution in [0.15, 0.2) is 53.4 Å². The van der Waals surface area contributed by atoms with Crippen LogP contribution in [0.3, 0.4) is 0 Å². The van der Waals surface area contributed by atoms with Gasteiger partial charge in [0, 0.05) is 11.6 Å². The molecule has 118 valence electrons. The van der Waals surface area contributed by atoms with Crippen LogP contribution in [0.25, 0.3) is 0 Å². The highest BCUT2D eigenvalue weighted by atomic mass is 35.5. The van der Waals surface area contributed by atoms with Crippen LogP contribution in [0.5, 0.6) is 0 Å². The maximum Gasteiger partial charge on any atom is 0.261 e. The lowest BCUT2D eigenvalue weighted by Gasteiger charge is -2.13. The summed E-state index contributed by atoms with van der Waals surface area (Å²) >= 11 is 5.74. The van der Waals surface area contributed by atoms with Gasteiger partial charge in [0.05, 0.1) is 21.8 Å². The summed E-state index contributed by atoms with van der Waals surface area (Å²) in [7, 11) is -3.60. The third-order valence-electron chi connectivity index (χ3n) is 3.63. The van der Waals surface area contributed by atoms with Crippen molar-refractivity contribution in [1.82, 2.24) is 4.90 Å². The van der Waals surface area contributed by atoms with Crippen LogP contribution in [0.2, 0.25) is 5.02 Å². The van der Waals surface area contributed by atoms with E-state index >= 15 is 0 Å². The largest absolute Gasteiger partial charge is 0.273 e. The number of benzene rings is 2. The molecule has 0 fully saturated rings. The predicted molar refractivity (Wildman–Crippen MR) is 85.3 cm³/mol. The van der Waals surface area contributed by atoms with Gasteiger partial charge in [0.1, 0.15) is 0 Å². The zero-order chi connectivity index (χ0) is 16.6. The Morgan fingerprint density at radius 2 is 1.39 bits per heavy atom. The zero-order valence-electron chi connectivity index (χ0n) is 11.9. The number of rotatable bonds is 4. The van der Waals surface area contributed by atoms with Crippen molar-refractivity contribution in [3.05, 3.63) is 64.7 Å². The van der Waals surface area contributed by atoms with Gasteiger partial charge in [-0.1, -0.05) is 23.7 Å². The van der Waals surface area contributed by atoms with Crippen molar-refractivity contribution in [3.8, 4) is 0 Å². The second-order valence-electron chi connectivity index (χ2n) is 5.08. The van der Waals surface area contributed by atoms with Gasteiger partial charge in [-0.05, 0) is 36.4 Å². The van der Waals surface area contributed by atoms with Crippen molar-refractivity contribution in [2.45, 2.75) is 4.90 Å². The van der Waals surface area contributed by atoms with Crippen LogP contribution < -0.4 is 0 Å². The molecule has 5 nitrogen and oxygen atoms in total. The van der Waals surface area contributed by atoms with Crippen LogP contribution in [-0.2, 0) is 9.84 Å². The second kappa shape index (κ2) is 5.79. The normalized spacial score (nSPS) is 14.2. The molecule has 1 heterocycles. The number of imide groups is 1. The molecule has 0 aliphatic carbocycles. The summed E-state index contributed by atoms with van der Waals surface area (Å²) < 4.78 is 24.6. The maximum absolute atomic E-state index is 12.3. The summed E-state index contributed by atoms with van der Waals surface area (Å²) in [5.41, 5.74) is 0.614. The quantitative estimate of drug-likeness (QED) is 0.795. The van der Waals surface area contributed by atoms with Gasteiger partial charge < -0.3 is 0 Å². The van der Waals surface area contributed by atoms with E-state index < -0.39 is 21.7 Å². The molecule has 2 amide bonds. The number of carbonyl (C=O) groups is 2. The zero-order valence-corrected chi connectivity index (χ0v) is 13.5. The number of nitrogens with zero attached hydrogens (tertiary/aromatic N) is 1. The fraction of sp³-hybridized carbons (Fsp3) is 0.125. The fourth-order valence-electron chi connectivity index (χ4n) is 2.41. The number of hydrogen-bond donors (Lipinski definition) is 0. The maximum atomic E-state index is 12.3. The van der Waals surface area contributed by atoms with Gasteiger partial charge in [-0.25, -0.2) is 8.42 Å². The molecule has 7 heteroatoms. The van der Waals surface area contributed by atoms with Crippen molar-refractivity contribution in [1.29, 1.82) is 0 Å². The number of halogens is 1. The van der Waals surface area contributed by atoms with Crippen molar-refractivity contribution in [2.24, 2.45) is 0 Å². The Hall–Kier alpha value is -2.18. The van der Waals surface area contributed by atoms with E-state index in [9.17, 15) is 18.0 Å². The van der Waals surface area contributed by atoms with E-state index in [0.717, 1.165) is 4.90 Å². The number of fused-ring (bicyclic) bond motifs is 1. The van der Waals surface area contributed by atoms with Gasteiger partial charge in [0.2, 0.25) is 0 Å². The molecular weight excluding hydrogens is 338 g/mol. The summed E-state index contributed by atoms with van der Waals surface area (Å²) in [5, 5.41) is 0.435. The molecule has 0 saturated carbocycles. The molecule has 0 N–H and O–H groups in total. The first-order chi connectivity index (χ1) is 10.9. The smallest absolute Gasteiger partial charge is 0.261 e. The third-order valence-corrected chi connectivity index (χ3v) is 5.60. The first-order valence-electron chi connectivity index (χ1n) is 6.84. The van der Waals surface area contributed by atoms with Gasteiger partial charge in [-0.15, -0.1) is 0 Å². The number of amides is 2. The van der Waals surface area contributed by atoms with E-state index in [1.54, 1.807) is 24.3 Å². The minimum Gasteiger partial charge on any atom is -0.273 e. The number of sulfone groups is 1. The van der Waals surface area contributed by atoms with Crippen LogP contribution >= 0.6 is 11.6 Å². The molecule has 0 aromatic heterocycles. The Kier molecular flexibility index (Phi) is 3.95. The Morgan fingerprint density at radius 1 is 0.870 bits per heavy atom. The summed E-state index contributed by atoms with van der Waals surface area (Å²) in [4.78, 5) is 25.5. The first kappa shape index (κ1) is 15.7. The second-order valence-corrected chi connectivity index (χ2v) is 7.63. The fourth-order valence-corrected chi connectivity index (χ4v) is 3.75. The van der Waals surface area contributed by atoms with Gasteiger partial charge >= 0.3 is 0 Å². The molecule has 1 aliphatic heterocycles. The Labute approximate surface area is 138 Å². The van der Waals surface area contributed by atoms with E-state index in [2.05, 4.69) is 0 Å². The summed E-state index contributed by atoms with van der Waals surface area (Å²) in [6.07, 6.45) is 0. The Bertz CT molecular complexity index is 856.